The van der Waals surface area contributed by atoms with Crippen molar-refractivity contribution in [1.29, 1.82) is 0 Å². The lowest BCUT2D eigenvalue weighted by Crippen LogP contribution is -2.25. The molecule has 0 fully saturated rings. The number of halogens is 2. The first-order valence-electron chi connectivity index (χ1n) is 7.03. The second-order valence-corrected chi connectivity index (χ2v) is 5.74. The number of carbonyl (C=O) groups is 1. The summed E-state index contributed by atoms with van der Waals surface area (Å²) in [5.41, 5.74) is 1.58. The molecule has 2 aromatic rings. The standard InChI is InChI=1S/C17H17BrFNO2/c18-15-9-8-14(16(19)11-15)7-4-10-20-17(21)22-12-13-5-2-1-3-6-13/h1-3,5-6,8-9,11H,4,7,10,12H2,(H,20,21). The highest BCUT2D eigenvalue weighted by atomic mass is 79.9. The van der Waals surface area contributed by atoms with Crippen LogP contribution < -0.4 is 5.32 Å². The maximum atomic E-state index is 13.6. The van der Waals surface area contributed by atoms with Gasteiger partial charge < -0.3 is 10.1 Å². The highest BCUT2D eigenvalue weighted by Crippen LogP contribution is 2.16. The molecule has 2 rings (SSSR count). The zero-order valence-electron chi connectivity index (χ0n) is 12.0. The van der Waals surface area contributed by atoms with E-state index in [1.165, 1.54) is 6.07 Å². The number of hydrogen-bond acceptors (Lipinski definition) is 2. The SMILES string of the molecule is O=C(NCCCc1ccc(Br)cc1F)OCc1ccccc1. The van der Waals surface area contributed by atoms with Crippen LogP contribution in [0, 0.1) is 5.82 Å². The lowest BCUT2D eigenvalue weighted by molar-refractivity contribution is 0.139. The quantitative estimate of drug-likeness (QED) is 0.768. The molecule has 0 heterocycles. The zero-order chi connectivity index (χ0) is 15.8. The van der Waals surface area contributed by atoms with E-state index in [2.05, 4.69) is 21.2 Å². The van der Waals surface area contributed by atoms with E-state index in [0.717, 1.165) is 10.0 Å². The van der Waals surface area contributed by atoms with Crippen molar-refractivity contribution in [2.45, 2.75) is 19.4 Å². The Bertz CT molecular complexity index is 619. The first-order chi connectivity index (χ1) is 10.6. The van der Waals surface area contributed by atoms with Gasteiger partial charge in [-0.15, -0.1) is 0 Å². The van der Waals surface area contributed by atoms with Crippen LogP contribution in [0.15, 0.2) is 53.0 Å². The van der Waals surface area contributed by atoms with Crippen molar-refractivity contribution in [3.05, 3.63) is 69.9 Å². The molecule has 1 N–H and O–H groups in total. The molecule has 0 spiro atoms. The third-order valence-corrected chi connectivity index (χ3v) is 3.61. The van der Waals surface area contributed by atoms with Crippen molar-refractivity contribution in [2.75, 3.05) is 6.54 Å². The summed E-state index contributed by atoms with van der Waals surface area (Å²) in [4.78, 5) is 11.5. The van der Waals surface area contributed by atoms with Crippen LogP contribution in [-0.4, -0.2) is 12.6 Å². The van der Waals surface area contributed by atoms with Crippen molar-refractivity contribution in [3.8, 4) is 0 Å². The molecule has 22 heavy (non-hydrogen) atoms. The summed E-state index contributed by atoms with van der Waals surface area (Å²) in [6.07, 6.45) is 0.761. The Morgan fingerprint density at radius 3 is 2.68 bits per heavy atom. The van der Waals surface area contributed by atoms with Gasteiger partial charge in [-0.2, -0.15) is 0 Å². The van der Waals surface area contributed by atoms with Crippen LogP contribution in [0.2, 0.25) is 0 Å². The summed E-state index contributed by atoms with van der Waals surface area (Å²) in [5.74, 6) is -0.235. The normalized spacial score (nSPS) is 10.3. The second-order valence-electron chi connectivity index (χ2n) is 4.83. The Labute approximate surface area is 137 Å². The Kier molecular flexibility index (Phi) is 6.40. The van der Waals surface area contributed by atoms with E-state index in [9.17, 15) is 9.18 Å². The minimum absolute atomic E-state index is 0.235. The van der Waals surface area contributed by atoms with Gasteiger partial charge in [-0.25, -0.2) is 9.18 Å². The average Bonchev–Trinajstić information content (AvgIpc) is 2.52. The largest absolute Gasteiger partial charge is 0.445 e. The van der Waals surface area contributed by atoms with Gasteiger partial charge in [0.2, 0.25) is 0 Å². The van der Waals surface area contributed by atoms with E-state index in [1.54, 1.807) is 12.1 Å². The number of nitrogens with one attached hydrogen (secondary N) is 1. The summed E-state index contributed by atoms with van der Waals surface area (Å²) < 4.78 is 19.4. The fourth-order valence-electron chi connectivity index (χ4n) is 1.97. The smallest absolute Gasteiger partial charge is 0.407 e. The van der Waals surface area contributed by atoms with E-state index in [1.807, 2.05) is 30.3 Å². The predicted molar refractivity (Wildman–Crippen MR) is 87.1 cm³/mol. The summed E-state index contributed by atoms with van der Waals surface area (Å²) in [7, 11) is 0. The molecular formula is C17H17BrFNO2. The highest BCUT2D eigenvalue weighted by molar-refractivity contribution is 9.10. The van der Waals surface area contributed by atoms with E-state index in [4.69, 9.17) is 4.74 Å². The molecule has 0 radical (unpaired) electrons. The lowest BCUT2D eigenvalue weighted by atomic mass is 10.1. The average molecular weight is 366 g/mol. The van der Waals surface area contributed by atoms with Gasteiger partial charge in [-0.05, 0) is 36.1 Å². The van der Waals surface area contributed by atoms with Crippen LogP contribution in [0.4, 0.5) is 9.18 Å². The van der Waals surface area contributed by atoms with Crippen molar-refractivity contribution >= 4 is 22.0 Å². The van der Waals surface area contributed by atoms with Crippen molar-refractivity contribution in [1.82, 2.24) is 5.32 Å². The van der Waals surface area contributed by atoms with Crippen LogP contribution in [-0.2, 0) is 17.8 Å². The molecule has 3 nitrogen and oxygen atoms in total. The van der Waals surface area contributed by atoms with Crippen molar-refractivity contribution in [3.63, 3.8) is 0 Å². The number of alkyl carbamates (subject to hydrolysis) is 1. The van der Waals surface area contributed by atoms with E-state index < -0.39 is 6.09 Å². The van der Waals surface area contributed by atoms with Gasteiger partial charge >= 0.3 is 6.09 Å². The number of ether oxygens (including phenoxy) is 1. The van der Waals surface area contributed by atoms with E-state index >= 15 is 0 Å². The molecule has 0 saturated carbocycles. The Balaban J connectivity index is 1.65. The maximum absolute atomic E-state index is 13.6. The van der Waals surface area contributed by atoms with Crippen LogP contribution >= 0.6 is 15.9 Å². The number of aryl methyl sites for hydroxylation is 1. The molecule has 5 heteroatoms. The minimum Gasteiger partial charge on any atom is -0.445 e. The van der Waals surface area contributed by atoms with E-state index in [-0.39, 0.29) is 12.4 Å². The molecule has 2 aromatic carbocycles. The molecule has 0 aliphatic heterocycles. The van der Waals surface area contributed by atoms with Gasteiger partial charge in [-0.1, -0.05) is 52.3 Å². The number of hydrogen-bond donors (Lipinski definition) is 1. The predicted octanol–water partition coefficient (Wildman–Crippen LogP) is 4.45. The van der Waals surface area contributed by atoms with Gasteiger partial charge in [0.15, 0.2) is 0 Å². The van der Waals surface area contributed by atoms with Gasteiger partial charge in [-0.3, -0.25) is 0 Å². The van der Waals surface area contributed by atoms with Gasteiger partial charge in [0.25, 0.3) is 0 Å². The molecule has 1 amide bonds. The number of rotatable bonds is 6. The summed E-state index contributed by atoms with van der Waals surface area (Å²) in [5, 5.41) is 2.66. The Morgan fingerprint density at radius 2 is 1.95 bits per heavy atom. The number of amides is 1. The highest BCUT2D eigenvalue weighted by Gasteiger charge is 2.04. The minimum atomic E-state index is -0.458. The third-order valence-electron chi connectivity index (χ3n) is 3.12. The van der Waals surface area contributed by atoms with E-state index in [0.29, 0.717) is 24.9 Å². The second kappa shape index (κ2) is 8.54. The van der Waals surface area contributed by atoms with Crippen LogP contribution in [0.3, 0.4) is 0 Å². The molecule has 0 bridgehead atoms. The number of benzene rings is 2. The number of carbonyl (C=O) groups excluding carboxylic acids is 1. The van der Waals surface area contributed by atoms with Crippen molar-refractivity contribution in [2.24, 2.45) is 0 Å². The summed E-state index contributed by atoms with van der Waals surface area (Å²) in [6.45, 7) is 0.692. The van der Waals surface area contributed by atoms with Crippen molar-refractivity contribution < 1.29 is 13.9 Å². The van der Waals surface area contributed by atoms with Crippen LogP contribution in [0.1, 0.15) is 17.5 Å². The monoisotopic (exact) mass is 365 g/mol. The molecule has 0 aliphatic rings. The topological polar surface area (TPSA) is 38.3 Å². The molecule has 0 aliphatic carbocycles. The molecule has 0 atom stereocenters. The summed E-state index contributed by atoms with van der Waals surface area (Å²) >= 11 is 3.22. The first-order valence-corrected chi connectivity index (χ1v) is 7.83. The zero-order valence-corrected chi connectivity index (χ0v) is 13.6. The molecular weight excluding hydrogens is 349 g/mol. The third kappa shape index (κ3) is 5.48. The van der Waals surface area contributed by atoms with Crippen LogP contribution in [0.5, 0.6) is 0 Å². The molecule has 0 unspecified atom stereocenters. The van der Waals surface area contributed by atoms with Crippen LogP contribution in [0.25, 0.3) is 0 Å². The Hall–Kier alpha value is -1.88. The van der Waals surface area contributed by atoms with Gasteiger partial charge in [0.1, 0.15) is 12.4 Å². The fraction of sp³-hybridized carbons (Fsp3) is 0.235. The molecule has 0 saturated heterocycles. The van der Waals surface area contributed by atoms with Gasteiger partial charge in [0.05, 0.1) is 0 Å². The Morgan fingerprint density at radius 1 is 1.18 bits per heavy atom. The lowest BCUT2D eigenvalue weighted by Gasteiger charge is -2.07. The molecule has 0 aromatic heterocycles. The fourth-order valence-corrected chi connectivity index (χ4v) is 2.30. The maximum Gasteiger partial charge on any atom is 0.407 e. The first kappa shape index (κ1) is 16.5. The molecule has 116 valence electrons. The summed E-state index contributed by atoms with van der Waals surface area (Å²) in [6, 6.07) is 14.5. The van der Waals surface area contributed by atoms with Gasteiger partial charge in [0, 0.05) is 11.0 Å².